The van der Waals surface area contributed by atoms with E-state index in [-0.39, 0.29) is 6.10 Å². The van der Waals surface area contributed by atoms with Crippen LogP contribution in [-0.4, -0.2) is 51.1 Å². The molecule has 1 aliphatic rings. The highest BCUT2D eigenvalue weighted by molar-refractivity contribution is 5.78. The second kappa shape index (κ2) is 8.02. The van der Waals surface area contributed by atoms with Gasteiger partial charge in [-0.15, -0.1) is 0 Å². The number of aromatic nitrogens is 4. The van der Waals surface area contributed by atoms with Gasteiger partial charge in [-0.1, -0.05) is 12.1 Å². The molecule has 0 spiro atoms. The van der Waals surface area contributed by atoms with Crippen molar-refractivity contribution in [1.29, 1.82) is 0 Å². The van der Waals surface area contributed by atoms with Gasteiger partial charge in [-0.3, -0.25) is 4.90 Å². The fourth-order valence-electron chi connectivity index (χ4n) is 3.46. The minimum atomic E-state index is 0.284. The molecule has 4 rings (SSSR count). The molecule has 3 aromatic rings. The van der Waals surface area contributed by atoms with Gasteiger partial charge in [-0.2, -0.15) is 0 Å². The number of nitrogens with zero attached hydrogens (tertiary/aromatic N) is 4. The standard InChI is InChI=1S/C20H26N6O/c1-14-5-3-7-17-19(14)25-18(24-17)13-26(2)12-15-9-21-20(22-10-15)23-11-16-6-4-8-27-16/h3,5,7,9-10,16H,4,6,8,11-13H2,1-2H3,(H,24,25)(H,21,22,23)/t16-/m1/s1. The van der Waals surface area contributed by atoms with Crippen LogP contribution in [0.2, 0.25) is 0 Å². The summed E-state index contributed by atoms with van der Waals surface area (Å²) in [7, 11) is 2.07. The SMILES string of the molecule is Cc1cccc2[nH]c(CN(C)Cc3cnc(NC[C@H]4CCCO4)nc3)nc12. The van der Waals surface area contributed by atoms with E-state index in [4.69, 9.17) is 9.72 Å². The molecule has 7 heteroatoms. The number of ether oxygens (including phenoxy) is 1. The molecular formula is C20H26N6O. The fourth-order valence-corrected chi connectivity index (χ4v) is 3.46. The maximum atomic E-state index is 5.60. The van der Waals surface area contributed by atoms with Gasteiger partial charge in [0.2, 0.25) is 5.95 Å². The molecule has 3 heterocycles. The van der Waals surface area contributed by atoms with E-state index in [0.29, 0.717) is 5.95 Å². The summed E-state index contributed by atoms with van der Waals surface area (Å²) in [4.78, 5) is 19.2. The zero-order chi connectivity index (χ0) is 18.6. The second-order valence-corrected chi connectivity index (χ2v) is 7.26. The average molecular weight is 366 g/mol. The molecule has 7 nitrogen and oxygen atoms in total. The number of H-pyrrole nitrogens is 1. The van der Waals surface area contributed by atoms with Crippen LogP contribution in [0.1, 0.15) is 29.8 Å². The molecule has 0 bridgehead atoms. The number of rotatable bonds is 7. The van der Waals surface area contributed by atoms with Gasteiger partial charge in [0.1, 0.15) is 5.82 Å². The fraction of sp³-hybridized carbons (Fsp3) is 0.450. The molecule has 0 saturated carbocycles. The Bertz CT molecular complexity index is 885. The Morgan fingerprint density at radius 2 is 2.11 bits per heavy atom. The monoisotopic (exact) mass is 366 g/mol. The summed E-state index contributed by atoms with van der Waals surface area (Å²) in [5.41, 5.74) is 4.40. The maximum Gasteiger partial charge on any atom is 0.222 e. The topological polar surface area (TPSA) is 79.0 Å². The predicted molar refractivity (Wildman–Crippen MR) is 105 cm³/mol. The van der Waals surface area contributed by atoms with Gasteiger partial charge in [0.15, 0.2) is 0 Å². The van der Waals surface area contributed by atoms with Crippen molar-refractivity contribution in [3.05, 3.63) is 47.5 Å². The van der Waals surface area contributed by atoms with Crippen molar-refractivity contribution in [3.8, 4) is 0 Å². The molecule has 0 radical (unpaired) electrons. The Kier molecular flexibility index (Phi) is 5.31. The minimum Gasteiger partial charge on any atom is -0.376 e. The first kappa shape index (κ1) is 17.9. The highest BCUT2D eigenvalue weighted by Gasteiger charge is 2.15. The lowest BCUT2D eigenvalue weighted by Crippen LogP contribution is -2.20. The number of nitrogens with one attached hydrogen (secondary N) is 2. The molecule has 0 unspecified atom stereocenters. The highest BCUT2D eigenvalue weighted by Crippen LogP contribution is 2.17. The molecule has 0 aliphatic carbocycles. The third kappa shape index (κ3) is 4.43. The smallest absolute Gasteiger partial charge is 0.222 e. The van der Waals surface area contributed by atoms with Crippen LogP contribution in [-0.2, 0) is 17.8 Å². The average Bonchev–Trinajstić information content (AvgIpc) is 3.31. The van der Waals surface area contributed by atoms with Crippen molar-refractivity contribution >= 4 is 17.0 Å². The number of para-hydroxylation sites is 1. The lowest BCUT2D eigenvalue weighted by molar-refractivity contribution is 0.120. The van der Waals surface area contributed by atoms with Crippen LogP contribution in [0.4, 0.5) is 5.95 Å². The van der Waals surface area contributed by atoms with E-state index in [1.807, 2.05) is 12.4 Å². The highest BCUT2D eigenvalue weighted by atomic mass is 16.5. The third-order valence-corrected chi connectivity index (χ3v) is 4.85. The summed E-state index contributed by atoms with van der Waals surface area (Å²) in [5.74, 6) is 1.63. The van der Waals surface area contributed by atoms with Gasteiger partial charge in [0.25, 0.3) is 0 Å². The number of imidazole rings is 1. The molecule has 2 N–H and O–H groups in total. The first-order valence-corrected chi connectivity index (χ1v) is 9.46. The molecule has 1 saturated heterocycles. The van der Waals surface area contributed by atoms with Gasteiger partial charge in [0, 0.05) is 37.7 Å². The van der Waals surface area contributed by atoms with Gasteiger partial charge >= 0.3 is 0 Å². The summed E-state index contributed by atoms with van der Waals surface area (Å²) < 4.78 is 5.60. The Hall–Kier alpha value is -2.51. The normalized spacial score (nSPS) is 17.1. The van der Waals surface area contributed by atoms with Crippen LogP contribution in [0.5, 0.6) is 0 Å². The Morgan fingerprint density at radius 1 is 1.26 bits per heavy atom. The summed E-state index contributed by atoms with van der Waals surface area (Å²) in [6.45, 7) is 5.23. The molecule has 1 atom stereocenters. The molecule has 27 heavy (non-hydrogen) atoms. The van der Waals surface area contributed by atoms with Crippen molar-refractivity contribution < 1.29 is 4.74 Å². The number of benzene rings is 1. The van der Waals surface area contributed by atoms with Crippen molar-refractivity contribution in [2.75, 3.05) is 25.5 Å². The number of aromatic amines is 1. The van der Waals surface area contributed by atoms with E-state index in [1.54, 1.807) is 0 Å². The summed E-state index contributed by atoms with van der Waals surface area (Å²) in [6.07, 6.45) is 6.29. The maximum absolute atomic E-state index is 5.60. The van der Waals surface area contributed by atoms with Gasteiger partial charge in [-0.25, -0.2) is 15.0 Å². The molecular weight excluding hydrogens is 340 g/mol. The third-order valence-electron chi connectivity index (χ3n) is 4.85. The number of fused-ring (bicyclic) bond motifs is 1. The zero-order valence-electron chi connectivity index (χ0n) is 15.9. The second-order valence-electron chi connectivity index (χ2n) is 7.26. The summed E-state index contributed by atoms with van der Waals surface area (Å²) in [6, 6.07) is 6.20. The first-order chi connectivity index (χ1) is 13.2. The van der Waals surface area contributed by atoms with Crippen molar-refractivity contribution in [3.63, 3.8) is 0 Å². The Morgan fingerprint density at radius 3 is 2.85 bits per heavy atom. The van der Waals surface area contributed by atoms with Crippen LogP contribution in [0.25, 0.3) is 11.0 Å². The largest absolute Gasteiger partial charge is 0.376 e. The van der Waals surface area contributed by atoms with Crippen LogP contribution in [0.3, 0.4) is 0 Å². The number of aryl methyl sites for hydroxylation is 1. The van der Waals surface area contributed by atoms with Crippen LogP contribution in [0, 0.1) is 6.92 Å². The van der Waals surface area contributed by atoms with Crippen LogP contribution in [0.15, 0.2) is 30.6 Å². The molecule has 1 aromatic carbocycles. The number of anilines is 1. The lowest BCUT2D eigenvalue weighted by Gasteiger charge is -2.15. The van der Waals surface area contributed by atoms with Crippen molar-refractivity contribution in [1.82, 2.24) is 24.8 Å². The van der Waals surface area contributed by atoms with E-state index in [1.165, 1.54) is 5.56 Å². The van der Waals surface area contributed by atoms with Gasteiger partial charge in [-0.05, 0) is 38.4 Å². The van der Waals surface area contributed by atoms with Crippen molar-refractivity contribution in [2.24, 2.45) is 0 Å². The van der Waals surface area contributed by atoms with Crippen LogP contribution < -0.4 is 5.32 Å². The molecule has 2 aromatic heterocycles. The van der Waals surface area contributed by atoms with E-state index < -0.39 is 0 Å². The Balaban J connectivity index is 1.31. The number of hydrogen-bond donors (Lipinski definition) is 2. The predicted octanol–water partition coefficient (Wildman–Crippen LogP) is 2.88. The molecule has 0 amide bonds. The van der Waals surface area contributed by atoms with Crippen LogP contribution >= 0.6 is 0 Å². The minimum absolute atomic E-state index is 0.284. The van der Waals surface area contributed by atoms with Crippen molar-refractivity contribution in [2.45, 2.75) is 39.0 Å². The molecule has 1 aliphatic heterocycles. The van der Waals surface area contributed by atoms with Gasteiger partial charge < -0.3 is 15.0 Å². The zero-order valence-corrected chi connectivity index (χ0v) is 15.9. The van der Waals surface area contributed by atoms with E-state index in [9.17, 15) is 0 Å². The van der Waals surface area contributed by atoms with E-state index in [2.05, 4.69) is 57.3 Å². The first-order valence-electron chi connectivity index (χ1n) is 9.46. The van der Waals surface area contributed by atoms with E-state index >= 15 is 0 Å². The Labute approximate surface area is 159 Å². The molecule has 1 fully saturated rings. The quantitative estimate of drug-likeness (QED) is 0.669. The van der Waals surface area contributed by atoms with Gasteiger partial charge in [0.05, 0.1) is 23.7 Å². The summed E-state index contributed by atoms with van der Waals surface area (Å²) in [5, 5.41) is 3.25. The summed E-state index contributed by atoms with van der Waals surface area (Å²) >= 11 is 0. The number of hydrogen-bond acceptors (Lipinski definition) is 6. The van der Waals surface area contributed by atoms with E-state index in [0.717, 1.165) is 61.5 Å². The molecule has 142 valence electrons. The lowest BCUT2D eigenvalue weighted by atomic mass is 10.2.